The van der Waals surface area contributed by atoms with Crippen molar-refractivity contribution in [1.82, 2.24) is 14.7 Å². The molecule has 11 heteroatoms. The molecule has 4 rings (SSSR count). The summed E-state index contributed by atoms with van der Waals surface area (Å²) < 4.78 is 40.8. The van der Waals surface area contributed by atoms with Gasteiger partial charge < -0.3 is 15.3 Å². The van der Waals surface area contributed by atoms with Crippen LogP contribution in [-0.2, 0) is 23.1 Å². The van der Waals surface area contributed by atoms with Crippen LogP contribution in [0, 0.1) is 5.82 Å². The summed E-state index contributed by atoms with van der Waals surface area (Å²) in [6, 6.07) is 6.73. The second kappa shape index (κ2) is 6.74. The van der Waals surface area contributed by atoms with E-state index in [1.165, 1.54) is 24.3 Å². The molecule has 1 aliphatic carbocycles. The molecular weight excluding hydrogens is 389 g/mol. The largest absolute Gasteiger partial charge is 0.395 e. The standard InChI is InChI=1S/C17H20FN5O4S/c18-12-1-3-13(4-2-12)19-16(25)22-7-8-23-14(10-22)9-15(20-23)21-28(26,27)17(11-24)5-6-17/h1-4,9,24H,5-8,10-11H2,(H,19,25)(H,20,21). The molecule has 1 fully saturated rings. The topological polar surface area (TPSA) is 117 Å². The van der Waals surface area contributed by atoms with Gasteiger partial charge in [0.15, 0.2) is 5.82 Å². The number of nitrogens with one attached hydrogen (secondary N) is 2. The third-order valence-electron chi connectivity index (χ3n) is 5.09. The molecule has 28 heavy (non-hydrogen) atoms. The van der Waals surface area contributed by atoms with E-state index in [4.69, 9.17) is 0 Å². The first-order valence-electron chi connectivity index (χ1n) is 8.83. The molecule has 9 nitrogen and oxygen atoms in total. The van der Waals surface area contributed by atoms with Crippen LogP contribution in [0.25, 0.3) is 0 Å². The fraction of sp³-hybridized carbons (Fsp3) is 0.412. The Bertz CT molecular complexity index is 1000. The first-order valence-corrected chi connectivity index (χ1v) is 10.3. The molecule has 2 amide bonds. The van der Waals surface area contributed by atoms with Gasteiger partial charge in [-0.3, -0.25) is 9.40 Å². The van der Waals surface area contributed by atoms with Gasteiger partial charge in [0.2, 0.25) is 10.0 Å². The highest BCUT2D eigenvalue weighted by Gasteiger charge is 2.54. The van der Waals surface area contributed by atoms with Crippen LogP contribution in [0.4, 0.5) is 20.7 Å². The number of aliphatic hydroxyl groups excluding tert-OH is 1. The van der Waals surface area contributed by atoms with Crippen molar-refractivity contribution in [2.75, 3.05) is 23.2 Å². The van der Waals surface area contributed by atoms with Gasteiger partial charge in [0.05, 0.1) is 25.4 Å². The highest BCUT2D eigenvalue weighted by atomic mass is 32.2. The lowest BCUT2D eigenvalue weighted by atomic mass is 10.3. The summed E-state index contributed by atoms with van der Waals surface area (Å²) >= 11 is 0. The van der Waals surface area contributed by atoms with Crippen molar-refractivity contribution < 1.29 is 22.7 Å². The van der Waals surface area contributed by atoms with Crippen molar-refractivity contribution in [2.24, 2.45) is 0 Å². The molecule has 1 aromatic heterocycles. The maximum atomic E-state index is 13.0. The highest BCUT2D eigenvalue weighted by Crippen LogP contribution is 2.43. The van der Waals surface area contributed by atoms with Crippen LogP contribution in [-0.4, -0.2) is 52.1 Å². The fourth-order valence-corrected chi connectivity index (χ4v) is 4.52. The van der Waals surface area contributed by atoms with Crippen molar-refractivity contribution in [3.8, 4) is 0 Å². The minimum Gasteiger partial charge on any atom is -0.395 e. The molecule has 2 aromatic rings. The molecule has 3 N–H and O–H groups in total. The number of amides is 2. The van der Waals surface area contributed by atoms with Gasteiger partial charge in [0.25, 0.3) is 0 Å². The lowest BCUT2D eigenvalue weighted by Crippen LogP contribution is -2.40. The zero-order valence-electron chi connectivity index (χ0n) is 14.9. The van der Waals surface area contributed by atoms with Gasteiger partial charge in [-0.15, -0.1) is 0 Å². The molecule has 0 saturated heterocycles. The highest BCUT2D eigenvalue weighted by molar-refractivity contribution is 7.94. The Morgan fingerprint density at radius 3 is 2.61 bits per heavy atom. The van der Waals surface area contributed by atoms with Crippen LogP contribution in [0.1, 0.15) is 18.5 Å². The number of aliphatic hydroxyl groups is 1. The predicted octanol–water partition coefficient (Wildman–Crippen LogP) is 1.34. The van der Waals surface area contributed by atoms with E-state index >= 15 is 0 Å². The number of urea groups is 1. The summed E-state index contributed by atoms with van der Waals surface area (Å²) in [7, 11) is -3.72. The number of nitrogens with zero attached hydrogens (tertiary/aromatic N) is 3. The van der Waals surface area contributed by atoms with Gasteiger partial charge in [0.1, 0.15) is 10.6 Å². The summed E-state index contributed by atoms with van der Waals surface area (Å²) in [5.41, 5.74) is 1.17. The number of aromatic nitrogens is 2. The SMILES string of the molecule is O=C(Nc1ccc(F)cc1)N1CCn2nc(NS(=O)(=O)C3(CO)CC3)cc2C1. The Morgan fingerprint density at radius 2 is 1.96 bits per heavy atom. The monoisotopic (exact) mass is 409 g/mol. The average Bonchev–Trinajstić information content (AvgIpc) is 3.38. The number of rotatable bonds is 5. The van der Waals surface area contributed by atoms with Gasteiger partial charge in [-0.05, 0) is 37.1 Å². The van der Waals surface area contributed by atoms with Crippen molar-refractivity contribution in [3.05, 3.63) is 41.8 Å². The summed E-state index contributed by atoms with van der Waals surface area (Å²) in [4.78, 5) is 14.0. The summed E-state index contributed by atoms with van der Waals surface area (Å²) in [5, 5.41) is 16.3. The number of halogens is 1. The minimum atomic E-state index is -3.72. The number of anilines is 2. The number of hydrogen-bond acceptors (Lipinski definition) is 5. The molecule has 1 saturated carbocycles. The van der Waals surface area contributed by atoms with Gasteiger partial charge in [-0.25, -0.2) is 17.6 Å². The van der Waals surface area contributed by atoms with Crippen LogP contribution in [0.2, 0.25) is 0 Å². The Labute approximate surface area is 161 Å². The van der Waals surface area contributed by atoms with E-state index in [9.17, 15) is 22.7 Å². The zero-order valence-corrected chi connectivity index (χ0v) is 15.7. The van der Waals surface area contributed by atoms with Gasteiger partial charge in [-0.2, -0.15) is 5.10 Å². The van der Waals surface area contributed by atoms with Gasteiger partial charge in [-0.1, -0.05) is 0 Å². The maximum Gasteiger partial charge on any atom is 0.322 e. The van der Waals surface area contributed by atoms with E-state index in [-0.39, 0.29) is 24.2 Å². The third kappa shape index (κ3) is 3.42. The van der Waals surface area contributed by atoms with E-state index in [0.717, 1.165) is 0 Å². The Hall–Kier alpha value is -2.66. The molecule has 0 bridgehead atoms. The molecular formula is C17H20FN5O4S. The second-order valence-corrected chi connectivity index (χ2v) is 9.13. The quantitative estimate of drug-likeness (QED) is 0.689. The van der Waals surface area contributed by atoms with E-state index in [0.29, 0.717) is 37.3 Å². The van der Waals surface area contributed by atoms with E-state index in [1.807, 2.05) is 0 Å². The molecule has 2 aliphatic rings. The molecule has 1 aliphatic heterocycles. The average molecular weight is 409 g/mol. The van der Waals surface area contributed by atoms with Crippen LogP contribution in [0.15, 0.2) is 30.3 Å². The summed E-state index contributed by atoms with van der Waals surface area (Å²) in [6.45, 7) is 0.646. The van der Waals surface area contributed by atoms with Crippen molar-refractivity contribution in [1.29, 1.82) is 0 Å². The minimum absolute atomic E-state index is 0.176. The van der Waals surface area contributed by atoms with Crippen molar-refractivity contribution in [3.63, 3.8) is 0 Å². The summed E-state index contributed by atoms with van der Waals surface area (Å²) in [6.07, 6.45) is 0.841. The molecule has 2 heterocycles. The molecule has 0 unspecified atom stereocenters. The summed E-state index contributed by atoms with van der Waals surface area (Å²) in [5.74, 6) is -0.209. The van der Waals surface area contributed by atoms with Gasteiger partial charge >= 0.3 is 6.03 Å². The number of carbonyl (C=O) groups excluding carboxylic acids is 1. The molecule has 0 spiro atoms. The predicted molar refractivity (Wildman–Crippen MR) is 99.6 cm³/mol. The fourth-order valence-electron chi connectivity index (χ4n) is 3.12. The number of sulfonamides is 1. The lowest BCUT2D eigenvalue weighted by molar-refractivity contribution is 0.194. The second-order valence-electron chi connectivity index (χ2n) is 7.05. The van der Waals surface area contributed by atoms with E-state index in [2.05, 4.69) is 15.1 Å². The van der Waals surface area contributed by atoms with Crippen LogP contribution >= 0.6 is 0 Å². The zero-order chi connectivity index (χ0) is 19.9. The maximum absolute atomic E-state index is 13.0. The Morgan fingerprint density at radius 1 is 1.25 bits per heavy atom. The smallest absolute Gasteiger partial charge is 0.322 e. The number of carbonyl (C=O) groups is 1. The number of benzene rings is 1. The molecule has 0 atom stereocenters. The first-order chi connectivity index (χ1) is 13.3. The molecule has 1 aromatic carbocycles. The molecule has 0 radical (unpaired) electrons. The van der Waals surface area contributed by atoms with Crippen molar-refractivity contribution >= 4 is 27.6 Å². The Balaban J connectivity index is 1.43. The van der Waals surface area contributed by atoms with Crippen LogP contribution in [0.5, 0.6) is 0 Å². The first kappa shape index (κ1) is 18.7. The number of fused-ring (bicyclic) bond motifs is 1. The van der Waals surface area contributed by atoms with E-state index < -0.39 is 21.4 Å². The van der Waals surface area contributed by atoms with Gasteiger partial charge in [0, 0.05) is 18.3 Å². The number of hydrogen-bond donors (Lipinski definition) is 3. The van der Waals surface area contributed by atoms with Crippen LogP contribution in [0.3, 0.4) is 0 Å². The molecule has 150 valence electrons. The normalized spacial score (nSPS) is 17.7. The third-order valence-corrected chi connectivity index (χ3v) is 7.24. The van der Waals surface area contributed by atoms with Crippen LogP contribution < -0.4 is 10.0 Å². The van der Waals surface area contributed by atoms with Crippen molar-refractivity contribution in [2.45, 2.75) is 30.7 Å². The lowest BCUT2D eigenvalue weighted by Gasteiger charge is -2.27. The Kier molecular flexibility index (Phi) is 4.50. The van der Waals surface area contributed by atoms with E-state index in [1.54, 1.807) is 15.6 Å².